The van der Waals surface area contributed by atoms with E-state index in [1.165, 1.54) is 25.7 Å². The van der Waals surface area contributed by atoms with Crippen LogP contribution in [0.15, 0.2) is 18.2 Å². The minimum Gasteiger partial charge on any atom is -0.478 e. The van der Waals surface area contributed by atoms with Gasteiger partial charge in [0.25, 0.3) is 0 Å². The number of terminal acetylenes is 1. The molecule has 0 bridgehead atoms. The summed E-state index contributed by atoms with van der Waals surface area (Å²) in [6.07, 6.45) is 14.2. The van der Waals surface area contributed by atoms with Gasteiger partial charge in [0.2, 0.25) is 0 Å². The van der Waals surface area contributed by atoms with Crippen molar-refractivity contribution >= 4 is 16.9 Å². The van der Waals surface area contributed by atoms with Crippen LogP contribution in [0.4, 0.5) is 0 Å². The van der Waals surface area contributed by atoms with Crippen molar-refractivity contribution < 1.29 is 9.90 Å². The van der Waals surface area contributed by atoms with Gasteiger partial charge in [0.1, 0.15) is 0 Å². The number of aryl methyl sites for hydroxylation is 1. The zero-order chi connectivity index (χ0) is 16.9. The number of hydrogen-bond donors (Lipinski definition) is 1. The van der Waals surface area contributed by atoms with E-state index in [1.54, 1.807) is 12.1 Å². The van der Waals surface area contributed by atoms with Crippen molar-refractivity contribution in [3.05, 3.63) is 29.5 Å². The van der Waals surface area contributed by atoms with Gasteiger partial charge in [-0.3, -0.25) is 4.68 Å². The highest BCUT2D eigenvalue weighted by atomic mass is 16.4. The lowest BCUT2D eigenvalue weighted by atomic mass is 10.1. The van der Waals surface area contributed by atoms with Gasteiger partial charge in [-0.25, -0.2) is 4.79 Å². The third-order valence-corrected chi connectivity index (χ3v) is 4.68. The maximum Gasteiger partial charge on any atom is 0.335 e. The van der Waals surface area contributed by atoms with Crippen LogP contribution in [0.25, 0.3) is 10.9 Å². The molecule has 1 saturated carbocycles. The van der Waals surface area contributed by atoms with E-state index in [0.29, 0.717) is 11.5 Å². The molecule has 0 radical (unpaired) electrons. The van der Waals surface area contributed by atoms with Gasteiger partial charge >= 0.3 is 5.97 Å². The van der Waals surface area contributed by atoms with Crippen molar-refractivity contribution in [1.29, 1.82) is 0 Å². The number of benzene rings is 1. The Morgan fingerprint density at radius 2 is 2.00 bits per heavy atom. The molecule has 1 fully saturated rings. The molecule has 4 heteroatoms. The lowest BCUT2D eigenvalue weighted by molar-refractivity contribution is 0.0697. The Labute approximate surface area is 142 Å². The van der Waals surface area contributed by atoms with E-state index in [0.717, 1.165) is 48.8 Å². The fourth-order valence-electron chi connectivity index (χ4n) is 3.18. The Balaban J connectivity index is 1.68. The molecule has 3 rings (SSSR count). The third-order valence-electron chi connectivity index (χ3n) is 4.68. The van der Waals surface area contributed by atoms with Gasteiger partial charge in [0, 0.05) is 24.3 Å². The largest absolute Gasteiger partial charge is 0.478 e. The van der Waals surface area contributed by atoms with Gasteiger partial charge in [-0.1, -0.05) is 25.3 Å². The fraction of sp³-hybridized carbons (Fsp3) is 0.500. The second-order valence-corrected chi connectivity index (χ2v) is 6.64. The summed E-state index contributed by atoms with van der Waals surface area (Å²) < 4.78 is 2.01. The average molecular weight is 324 g/mol. The number of carbonyl (C=O) groups is 1. The molecule has 1 heterocycles. The Morgan fingerprint density at radius 3 is 2.71 bits per heavy atom. The monoisotopic (exact) mass is 324 g/mol. The zero-order valence-corrected chi connectivity index (χ0v) is 14.0. The van der Waals surface area contributed by atoms with E-state index in [-0.39, 0.29) is 0 Å². The molecule has 1 aromatic heterocycles. The van der Waals surface area contributed by atoms with E-state index >= 15 is 0 Å². The molecule has 0 unspecified atom stereocenters. The summed E-state index contributed by atoms with van der Waals surface area (Å²) in [5, 5.41) is 15.2. The summed E-state index contributed by atoms with van der Waals surface area (Å²) in [4.78, 5) is 11.3. The molecule has 1 aliphatic rings. The number of carboxylic acid groups (broad SMARTS) is 1. The molecule has 0 aliphatic heterocycles. The molecule has 24 heavy (non-hydrogen) atoms. The summed E-state index contributed by atoms with van der Waals surface area (Å²) in [5.74, 6) is 2.36. The molecule has 0 amide bonds. The van der Waals surface area contributed by atoms with Gasteiger partial charge in [-0.05, 0) is 37.8 Å². The highest BCUT2D eigenvalue weighted by Crippen LogP contribution is 2.42. The third kappa shape index (κ3) is 3.79. The van der Waals surface area contributed by atoms with Crippen LogP contribution >= 0.6 is 0 Å². The lowest BCUT2D eigenvalue weighted by Gasteiger charge is -2.04. The van der Waals surface area contributed by atoms with Crippen molar-refractivity contribution in [2.24, 2.45) is 0 Å². The van der Waals surface area contributed by atoms with Gasteiger partial charge in [0.05, 0.1) is 16.8 Å². The molecular formula is C20H24N2O2. The van der Waals surface area contributed by atoms with E-state index in [1.807, 2.05) is 10.7 Å². The van der Waals surface area contributed by atoms with E-state index in [9.17, 15) is 9.90 Å². The minimum absolute atomic E-state index is 0.334. The minimum atomic E-state index is -0.883. The van der Waals surface area contributed by atoms with Gasteiger partial charge in [-0.15, -0.1) is 12.3 Å². The molecule has 0 atom stereocenters. The van der Waals surface area contributed by atoms with E-state index in [2.05, 4.69) is 5.92 Å². The Hall–Kier alpha value is -2.28. The van der Waals surface area contributed by atoms with Crippen LogP contribution in [0.1, 0.15) is 73.3 Å². The Bertz CT molecular complexity index is 766. The maximum atomic E-state index is 11.3. The summed E-state index contributed by atoms with van der Waals surface area (Å²) in [7, 11) is 0. The number of aromatic nitrogens is 2. The van der Waals surface area contributed by atoms with Crippen molar-refractivity contribution in [2.45, 2.75) is 63.8 Å². The van der Waals surface area contributed by atoms with Crippen LogP contribution in [-0.4, -0.2) is 20.9 Å². The van der Waals surface area contributed by atoms with Crippen molar-refractivity contribution in [1.82, 2.24) is 9.78 Å². The first-order valence-electron chi connectivity index (χ1n) is 8.88. The quantitative estimate of drug-likeness (QED) is 0.542. The molecule has 0 saturated heterocycles. The second kappa shape index (κ2) is 7.53. The number of unbranched alkanes of at least 4 members (excludes halogenated alkanes) is 5. The number of aromatic carboxylic acids is 1. The Morgan fingerprint density at radius 1 is 1.25 bits per heavy atom. The first-order valence-corrected chi connectivity index (χ1v) is 8.88. The average Bonchev–Trinajstić information content (AvgIpc) is 3.36. The van der Waals surface area contributed by atoms with Crippen LogP contribution in [-0.2, 0) is 6.54 Å². The van der Waals surface area contributed by atoms with Crippen LogP contribution in [0.2, 0.25) is 0 Å². The maximum absolute atomic E-state index is 11.3. The van der Waals surface area contributed by atoms with Gasteiger partial charge in [0.15, 0.2) is 0 Å². The molecule has 4 nitrogen and oxygen atoms in total. The molecule has 0 spiro atoms. The van der Waals surface area contributed by atoms with Crippen LogP contribution < -0.4 is 0 Å². The predicted molar refractivity (Wildman–Crippen MR) is 95.2 cm³/mol. The number of hydrogen-bond acceptors (Lipinski definition) is 2. The van der Waals surface area contributed by atoms with E-state index in [4.69, 9.17) is 11.5 Å². The lowest BCUT2D eigenvalue weighted by Crippen LogP contribution is -2.02. The topological polar surface area (TPSA) is 55.1 Å². The summed E-state index contributed by atoms with van der Waals surface area (Å²) >= 11 is 0. The van der Waals surface area contributed by atoms with Gasteiger partial charge < -0.3 is 5.11 Å². The van der Waals surface area contributed by atoms with Crippen LogP contribution in [0.3, 0.4) is 0 Å². The van der Waals surface area contributed by atoms with E-state index < -0.39 is 5.97 Å². The van der Waals surface area contributed by atoms with Crippen molar-refractivity contribution in [2.75, 3.05) is 0 Å². The summed E-state index contributed by atoms with van der Waals surface area (Å²) in [5.41, 5.74) is 2.44. The van der Waals surface area contributed by atoms with Crippen molar-refractivity contribution in [3.63, 3.8) is 0 Å². The van der Waals surface area contributed by atoms with Gasteiger partial charge in [-0.2, -0.15) is 5.10 Å². The highest BCUT2D eigenvalue weighted by Gasteiger charge is 2.29. The molecular weight excluding hydrogens is 300 g/mol. The molecule has 126 valence electrons. The molecule has 1 aliphatic carbocycles. The number of rotatable bonds is 9. The standard InChI is InChI=1S/C20H24N2O2/c1-2-3-4-5-6-7-8-13-22-18-14-16(20(23)24)11-12-17(18)19(21-22)15-9-10-15/h1,11-12,14-15H,3-10,13H2,(H,23,24). The summed E-state index contributed by atoms with van der Waals surface area (Å²) in [6, 6.07) is 5.38. The zero-order valence-electron chi connectivity index (χ0n) is 14.0. The fourth-order valence-corrected chi connectivity index (χ4v) is 3.18. The number of carboxylic acids is 1. The Kier molecular flexibility index (Phi) is 5.20. The summed E-state index contributed by atoms with van der Waals surface area (Å²) in [6.45, 7) is 0.849. The smallest absolute Gasteiger partial charge is 0.335 e. The molecule has 1 N–H and O–H groups in total. The first kappa shape index (κ1) is 16.6. The first-order chi connectivity index (χ1) is 11.7. The van der Waals surface area contributed by atoms with Crippen LogP contribution in [0.5, 0.6) is 0 Å². The number of fused-ring (bicyclic) bond motifs is 1. The van der Waals surface area contributed by atoms with Crippen molar-refractivity contribution in [3.8, 4) is 12.3 Å². The van der Waals surface area contributed by atoms with Crippen LogP contribution in [0, 0.1) is 12.3 Å². The second-order valence-electron chi connectivity index (χ2n) is 6.64. The SMILES string of the molecule is C#CCCCCCCCn1nc(C2CC2)c2ccc(C(=O)O)cc21. The molecule has 2 aromatic rings. The highest BCUT2D eigenvalue weighted by molar-refractivity contribution is 5.94. The number of nitrogens with zero attached hydrogens (tertiary/aromatic N) is 2. The molecule has 1 aromatic carbocycles. The normalized spacial score (nSPS) is 14.0. The predicted octanol–water partition coefficient (Wildman–Crippen LogP) is 4.59.